The molecule has 0 bridgehead atoms. The molecule has 8 heteroatoms. The average Bonchev–Trinajstić information content (AvgIpc) is 2.89. The van der Waals surface area contributed by atoms with Crippen molar-refractivity contribution in [3.05, 3.63) is 47.3 Å². The standard InChI is InChI=1S/C17H20N4O3S/c1-11-3-4-14(12(2)9-11)20-16(22)15-5-7-18-17(21-15)19-13-6-8-25(23,24)10-13/h3-5,7,9,13H,6,8,10H2,1-2H3,(H,20,22)(H,18,19,21). The van der Waals surface area contributed by atoms with Gasteiger partial charge in [0.2, 0.25) is 5.95 Å². The van der Waals surface area contributed by atoms with E-state index in [0.29, 0.717) is 6.42 Å². The number of rotatable bonds is 4. The molecular formula is C17H20N4O3S. The van der Waals surface area contributed by atoms with Gasteiger partial charge in [-0.15, -0.1) is 0 Å². The van der Waals surface area contributed by atoms with Crippen LogP contribution in [0.4, 0.5) is 11.6 Å². The molecule has 1 atom stereocenters. The molecule has 7 nitrogen and oxygen atoms in total. The number of carbonyl (C=O) groups is 1. The molecule has 0 spiro atoms. The van der Waals surface area contributed by atoms with Gasteiger partial charge in [0.1, 0.15) is 5.69 Å². The number of nitrogens with one attached hydrogen (secondary N) is 2. The first-order valence-electron chi connectivity index (χ1n) is 8.01. The lowest BCUT2D eigenvalue weighted by molar-refractivity contribution is 0.102. The van der Waals surface area contributed by atoms with E-state index in [1.54, 1.807) is 0 Å². The number of nitrogens with zero attached hydrogens (tertiary/aromatic N) is 2. The molecule has 1 aliphatic rings. The zero-order valence-electron chi connectivity index (χ0n) is 14.1. The SMILES string of the molecule is Cc1ccc(NC(=O)c2ccnc(NC3CCS(=O)(=O)C3)n2)c(C)c1. The second-order valence-corrected chi connectivity index (χ2v) is 8.51. The van der Waals surface area contributed by atoms with Gasteiger partial charge in [-0.2, -0.15) is 0 Å². The number of benzene rings is 1. The Balaban J connectivity index is 1.71. The van der Waals surface area contributed by atoms with Crippen LogP contribution in [0.3, 0.4) is 0 Å². The van der Waals surface area contributed by atoms with Gasteiger partial charge in [-0.05, 0) is 38.0 Å². The summed E-state index contributed by atoms with van der Waals surface area (Å²) in [6.07, 6.45) is 2.00. The Morgan fingerprint density at radius 2 is 2.04 bits per heavy atom. The number of aromatic nitrogens is 2. The predicted octanol–water partition coefficient (Wildman–Crippen LogP) is 1.94. The summed E-state index contributed by atoms with van der Waals surface area (Å²) in [5.41, 5.74) is 3.04. The number of hydrogen-bond donors (Lipinski definition) is 2. The normalized spacial score (nSPS) is 18.7. The molecular weight excluding hydrogens is 340 g/mol. The quantitative estimate of drug-likeness (QED) is 0.864. The lowest BCUT2D eigenvalue weighted by atomic mass is 10.1. The van der Waals surface area contributed by atoms with Crippen LogP contribution >= 0.6 is 0 Å². The van der Waals surface area contributed by atoms with Crippen LogP contribution in [-0.4, -0.2) is 41.8 Å². The fourth-order valence-corrected chi connectivity index (χ4v) is 4.46. The summed E-state index contributed by atoms with van der Waals surface area (Å²) in [5, 5.41) is 5.83. The third-order valence-electron chi connectivity index (χ3n) is 4.08. The lowest BCUT2D eigenvalue weighted by Crippen LogP contribution is -2.23. The van der Waals surface area contributed by atoms with E-state index in [2.05, 4.69) is 20.6 Å². The van der Waals surface area contributed by atoms with Crippen molar-refractivity contribution in [2.45, 2.75) is 26.3 Å². The molecule has 2 N–H and O–H groups in total. The number of aryl methyl sites for hydroxylation is 2. The first-order valence-corrected chi connectivity index (χ1v) is 9.83. The smallest absolute Gasteiger partial charge is 0.274 e. The first-order chi connectivity index (χ1) is 11.8. The first kappa shape index (κ1) is 17.3. The highest BCUT2D eigenvalue weighted by molar-refractivity contribution is 7.91. The highest BCUT2D eigenvalue weighted by Gasteiger charge is 2.28. The van der Waals surface area contributed by atoms with Crippen molar-refractivity contribution in [2.24, 2.45) is 0 Å². The lowest BCUT2D eigenvalue weighted by Gasteiger charge is -2.12. The molecule has 1 aromatic carbocycles. The minimum atomic E-state index is -2.99. The van der Waals surface area contributed by atoms with Gasteiger partial charge < -0.3 is 10.6 Å². The van der Waals surface area contributed by atoms with Crippen molar-refractivity contribution in [1.29, 1.82) is 0 Å². The van der Waals surface area contributed by atoms with Crippen LogP contribution in [-0.2, 0) is 9.84 Å². The van der Waals surface area contributed by atoms with E-state index in [9.17, 15) is 13.2 Å². The molecule has 1 fully saturated rings. The largest absolute Gasteiger partial charge is 0.350 e. The Labute approximate surface area is 146 Å². The fourth-order valence-electron chi connectivity index (χ4n) is 2.79. The highest BCUT2D eigenvalue weighted by atomic mass is 32.2. The van der Waals surface area contributed by atoms with E-state index in [-0.39, 0.29) is 35.1 Å². The van der Waals surface area contributed by atoms with E-state index in [0.717, 1.165) is 16.8 Å². The summed E-state index contributed by atoms with van der Waals surface area (Å²) in [6.45, 7) is 3.92. The number of carbonyl (C=O) groups excluding carboxylic acids is 1. The van der Waals surface area contributed by atoms with Crippen LogP contribution < -0.4 is 10.6 Å². The van der Waals surface area contributed by atoms with Crippen LogP contribution in [0.5, 0.6) is 0 Å². The maximum Gasteiger partial charge on any atom is 0.274 e. The second-order valence-electron chi connectivity index (χ2n) is 6.28. The van der Waals surface area contributed by atoms with E-state index in [4.69, 9.17) is 0 Å². The zero-order valence-corrected chi connectivity index (χ0v) is 14.9. The Kier molecular flexibility index (Phi) is 4.71. The Morgan fingerprint density at radius 1 is 1.24 bits per heavy atom. The summed E-state index contributed by atoms with van der Waals surface area (Å²) in [5.74, 6) is 0.152. The molecule has 132 valence electrons. The van der Waals surface area contributed by atoms with Crippen LogP contribution in [0, 0.1) is 13.8 Å². The average molecular weight is 360 g/mol. The summed E-state index contributed by atoms with van der Waals surface area (Å²) in [4.78, 5) is 20.7. The second kappa shape index (κ2) is 6.79. The predicted molar refractivity (Wildman–Crippen MR) is 96.6 cm³/mol. The van der Waals surface area contributed by atoms with Gasteiger partial charge in [-0.3, -0.25) is 4.79 Å². The van der Waals surface area contributed by atoms with Crippen molar-refractivity contribution in [3.63, 3.8) is 0 Å². The molecule has 0 radical (unpaired) electrons. The topological polar surface area (TPSA) is 101 Å². The molecule has 0 aliphatic carbocycles. The molecule has 1 amide bonds. The van der Waals surface area contributed by atoms with Crippen molar-refractivity contribution in [3.8, 4) is 0 Å². The molecule has 2 heterocycles. The van der Waals surface area contributed by atoms with Crippen LogP contribution in [0.15, 0.2) is 30.5 Å². The highest BCUT2D eigenvalue weighted by Crippen LogP contribution is 2.18. The summed E-state index contributed by atoms with van der Waals surface area (Å²) in [7, 11) is -2.99. The third-order valence-corrected chi connectivity index (χ3v) is 5.85. The van der Waals surface area contributed by atoms with Gasteiger partial charge in [0.15, 0.2) is 9.84 Å². The number of sulfone groups is 1. The Hall–Kier alpha value is -2.48. The van der Waals surface area contributed by atoms with Crippen molar-refractivity contribution >= 4 is 27.4 Å². The number of anilines is 2. The monoisotopic (exact) mass is 360 g/mol. The van der Waals surface area contributed by atoms with Crippen molar-refractivity contribution < 1.29 is 13.2 Å². The van der Waals surface area contributed by atoms with E-state index >= 15 is 0 Å². The molecule has 1 unspecified atom stereocenters. The maximum absolute atomic E-state index is 12.4. The molecule has 0 saturated carbocycles. The molecule has 1 saturated heterocycles. The van der Waals surface area contributed by atoms with Gasteiger partial charge in [-0.1, -0.05) is 17.7 Å². The van der Waals surface area contributed by atoms with Gasteiger partial charge in [0.25, 0.3) is 5.91 Å². The number of hydrogen-bond acceptors (Lipinski definition) is 6. The van der Waals surface area contributed by atoms with Gasteiger partial charge in [0, 0.05) is 17.9 Å². The van der Waals surface area contributed by atoms with Crippen LogP contribution in [0.25, 0.3) is 0 Å². The summed E-state index contributed by atoms with van der Waals surface area (Å²) in [6, 6.07) is 7.07. The Morgan fingerprint density at radius 3 is 2.72 bits per heavy atom. The van der Waals surface area contributed by atoms with Crippen molar-refractivity contribution in [1.82, 2.24) is 9.97 Å². The number of amides is 1. The van der Waals surface area contributed by atoms with E-state index in [1.165, 1.54) is 12.3 Å². The van der Waals surface area contributed by atoms with Crippen molar-refractivity contribution in [2.75, 3.05) is 22.1 Å². The molecule has 1 aliphatic heterocycles. The summed E-state index contributed by atoms with van der Waals surface area (Å²) < 4.78 is 23.0. The summed E-state index contributed by atoms with van der Waals surface area (Å²) >= 11 is 0. The molecule has 3 rings (SSSR count). The molecule has 1 aromatic heterocycles. The van der Waals surface area contributed by atoms with Crippen LogP contribution in [0.1, 0.15) is 28.0 Å². The van der Waals surface area contributed by atoms with E-state index in [1.807, 2.05) is 32.0 Å². The van der Waals surface area contributed by atoms with Gasteiger partial charge in [-0.25, -0.2) is 18.4 Å². The van der Waals surface area contributed by atoms with Gasteiger partial charge in [0.05, 0.1) is 11.5 Å². The van der Waals surface area contributed by atoms with Crippen LogP contribution in [0.2, 0.25) is 0 Å². The van der Waals surface area contributed by atoms with E-state index < -0.39 is 9.84 Å². The fraction of sp³-hybridized carbons (Fsp3) is 0.353. The minimum Gasteiger partial charge on any atom is -0.350 e. The van der Waals surface area contributed by atoms with Gasteiger partial charge >= 0.3 is 0 Å². The molecule has 25 heavy (non-hydrogen) atoms. The molecule has 2 aromatic rings. The third kappa shape index (κ3) is 4.33. The minimum absolute atomic E-state index is 0.0648. The zero-order chi connectivity index (χ0) is 18.0. The Bertz CT molecular complexity index is 912. The maximum atomic E-state index is 12.4.